The predicted molar refractivity (Wildman–Crippen MR) is 97.2 cm³/mol. The number of benzene rings is 1. The Morgan fingerprint density at radius 2 is 2.08 bits per heavy atom. The van der Waals surface area contributed by atoms with Gasteiger partial charge in [0.1, 0.15) is 10.5 Å². The highest BCUT2D eigenvalue weighted by molar-refractivity contribution is 7.04. The largest absolute Gasteiger partial charge is 0.298 e. The highest BCUT2D eigenvalue weighted by Gasteiger charge is 2.17. The fourth-order valence-electron chi connectivity index (χ4n) is 2.15. The summed E-state index contributed by atoms with van der Waals surface area (Å²) in [6.45, 7) is 8.40. The molecule has 0 atom stereocenters. The molecule has 1 heterocycles. The van der Waals surface area contributed by atoms with Crippen molar-refractivity contribution < 1.29 is 9.18 Å². The van der Waals surface area contributed by atoms with Crippen molar-refractivity contribution in [2.45, 2.75) is 52.5 Å². The lowest BCUT2D eigenvalue weighted by Crippen LogP contribution is -2.18. The summed E-state index contributed by atoms with van der Waals surface area (Å²) >= 11 is 7.29. The Morgan fingerprint density at radius 1 is 1.38 bits per heavy atom. The molecule has 130 valence electrons. The molecule has 0 unspecified atom stereocenters. The molecule has 0 saturated heterocycles. The van der Waals surface area contributed by atoms with Crippen LogP contribution in [0.2, 0.25) is 5.02 Å². The Bertz CT molecular complexity index is 802. The molecule has 0 spiro atoms. The summed E-state index contributed by atoms with van der Waals surface area (Å²) in [7, 11) is 0. The summed E-state index contributed by atoms with van der Waals surface area (Å²) in [5, 5.41) is 0.317. The molecule has 0 radical (unpaired) electrons. The number of carbonyl (C=O) groups excluding carboxylic acids is 1. The first kappa shape index (κ1) is 18.9. The zero-order valence-electron chi connectivity index (χ0n) is 14.4. The minimum atomic E-state index is -0.608. The normalized spacial score (nSPS) is 12.7. The van der Waals surface area contributed by atoms with Gasteiger partial charge in [-0.15, -0.1) is 0 Å². The van der Waals surface area contributed by atoms with Gasteiger partial charge >= 0.3 is 0 Å². The summed E-state index contributed by atoms with van der Waals surface area (Å²) in [5.74, 6) is -1.21. The van der Waals surface area contributed by atoms with Crippen LogP contribution in [-0.2, 0) is 12.0 Å². The number of nitrogens with zero attached hydrogens (tertiary/aromatic N) is 2. The highest BCUT2D eigenvalue weighted by Crippen LogP contribution is 2.19. The second-order valence-corrected chi connectivity index (χ2v) is 8.09. The first-order valence-corrected chi connectivity index (χ1v) is 9.14. The monoisotopic (exact) mass is 368 g/mol. The molecule has 2 aromatic rings. The van der Waals surface area contributed by atoms with Crippen LogP contribution in [0, 0.1) is 5.82 Å². The fourth-order valence-corrected chi connectivity index (χ4v) is 3.36. The van der Waals surface area contributed by atoms with Gasteiger partial charge in [-0.3, -0.25) is 8.75 Å². The van der Waals surface area contributed by atoms with E-state index in [1.54, 1.807) is 0 Å². The number of aryl methyl sites for hydroxylation is 1. The lowest BCUT2D eigenvalue weighted by atomic mass is 10.1. The van der Waals surface area contributed by atoms with Crippen molar-refractivity contribution in [3.63, 3.8) is 0 Å². The molecule has 0 aliphatic heterocycles. The SMILES string of the molecule is CCCCc1cn(C(C)(C)C)sc1=NC(=O)c1cc(Cl)ccc1F. The van der Waals surface area contributed by atoms with Gasteiger partial charge < -0.3 is 0 Å². The maximum Gasteiger partial charge on any atom is 0.281 e. The van der Waals surface area contributed by atoms with Crippen molar-refractivity contribution in [3.8, 4) is 0 Å². The van der Waals surface area contributed by atoms with E-state index < -0.39 is 11.7 Å². The number of aromatic nitrogens is 1. The van der Waals surface area contributed by atoms with Crippen LogP contribution in [0.25, 0.3) is 0 Å². The Labute approximate surface area is 151 Å². The number of unbranched alkanes of at least 4 members (excludes halogenated alkanes) is 1. The number of rotatable bonds is 4. The van der Waals surface area contributed by atoms with Crippen LogP contribution in [0.3, 0.4) is 0 Å². The standard InChI is InChI=1S/C18H22ClFN2OS/c1-5-6-7-12-11-22(18(2,3)4)24-17(12)21-16(23)14-10-13(19)8-9-15(14)20/h8-11H,5-7H2,1-4H3. The van der Waals surface area contributed by atoms with Crippen LogP contribution in [0.4, 0.5) is 4.39 Å². The van der Waals surface area contributed by atoms with E-state index in [1.165, 1.54) is 29.7 Å². The number of carbonyl (C=O) groups is 1. The van der Waals surface area contributed by atoms with Gasteiger partial charge in [0, 0.05) is 22.3 Å². The zero-order valence-corrected chi connectivity index (χ0v) is 16.0. The van der Waals surface area contributed by atoms with E-state index in [-0.39, 0.29) is 11.1 Å². The van der Waals surface area contributed by atoms with E-state index in [2.05, 4.69) is 36.6 Å². The minimum Gasteiger partial charge on any atom is -0.298 e. The van der Waals surface area contributed by atoms with Gasteiger partial charge in [-0.2, -0.15) is 4.99 Å². The highest BCUT2D eigenvalue weighted by atomic mass is 35.5. The average molecular weight is 369 g/mol. The molecule has 6 heteroatoms. The molecule has 2 rings (SSSR count). The number of hydrogen-bond acceptors (Lipinski definition) is 2. The minimum absolute atomic E-state index is 0.0935. The first-order chi connectivity index (χ1) is 11.2. The van der Waals surface area contributed by atoms with Gasteiger partial charge in [0.15, 0.2) is 0 Å². The third-order valence-corrected chi connectivity index (χ3v) is 5.17. The van der Waals surface area contributed by atoms with Gasteiger partial charge in [-0.05, 0) is 63.3 Å². The number of amides is 1. The van der Waals surface area contributed by atoms with E-state index in [0.717, 1.165) is 24.8 Å². The second-order valence-electron chi connectivity index (χ2n) is 6.69. The van der Waals surface area contributed by atoms with E-state index in [4.69, 9.17) is 11.6 Å². The maximum atomic E-state index is 13.9. The van der Waals surface area contributed by atoms with Gasteiger partial charge in [0.05, 0.1) is 5.56 Å². The quantitative estimate of drug-likeness (QED) is 0.732. The molecule has 3 nitrogen and oxygen atoms in total. The molecule has 0 aliphatic rings. The molecule has 0 bridgehead atoms. The molecule has 1 aromatic carbocycles. The fraction of sp³-hybridized carbons (Fsp3) is 0.444. The molecular weight excluding hydrogens is 347 g/mol. The summed E-state index contributed by atoms with van der Waals surface area (Å²) in [4.78, 5) is 16.6. The molecule has 0 N–H and O–H groups in total. The number of halogens is 2. The van der Waals surface area contributed by atoms with Crippen LogP contribution in [0.15, 0.2) is 29.4 Å². The third kappa shape index (κ3) is 4.54. The molecule has 0 saturated carbocycles. The first-order valence-electron chi connectivity index (χ1n) is 7.99. The Balaban J connectivity index is 2.48. The van der Waals surface area contributed by atoms with Crippen LogP contribution >= 0.6 is 23.1 Å². The van der Waals surface area contributed by atoms with E-state index in [0.29, 0.717) is 9.69 Å². The third-order valence-electron chi connectivity index (χ3n) is 3.56. The van der Waals surface area contributed by atoms with E-state index in [9.17, 15) is 9.18 Å². The van der Waals surface area contributed by atoms with Crippen LogP contribution in [0.5, 0.6) is 0 Å². The summed E-state index contributed by atoms with van der Waals surface area (Å²) in [5.41, 5.74) is 0.830. The van der Waals surface area contributed by atoms with Crippen molar-refractivity contribution in [1.29, 1.82) is 0 Å². The lowest BCUT2D eigenvalue weighted by Gasteiger charge is -2.19. The van der Waals surface area contributed by atoms with Gasteiger partial charge in [0.2, 0.25) is 0 Å². The molecule has 1 aromatic heterocycles. The maximum absolute atomic E-state index is 13.9. The molecule has 1 amide bonds. The van der Waals surface area contributed by atoms with Crippen LogP contribution < -0.4 is 4.67 Å². The van der Waals surface area contributed by atoms with Gasteiger partial charge in [-0.1, -0.05) is 24.9 Å². The average Bonchev–Trinajstić information content (AvgIpc) is 2.90. The van der Waals surface area contributed by atoms with E-state index >= 15 is 0 Å². The van der Waals surface area contributed by atoms with Crippen LogP contribution in [0.1, 0.15) is 56.5 Å². The van der Waals surface area contributed by atoms with Crippen molar-refractivity contribution in [1.82, 2.24) is 3.96 Å². The van der Waals surface area contributed by atoms with Gasteiger partial charge in [0.25, 0.3) is 5.91 Å². The molecule has 24 heavy (non-hydrogen) atoms. The Morgan fingerprint density at radius 3 is 2.71 bits per heavy atom. The summed E-state index contributed by atoms with van der Waals surface area (Å²) in [6, 6.07) is 3.92. The predicted octanol–water partition coefficient (Wildman–Crippen LogP) is 5.18. The Hall–Kier alpha value is -1.46. The van der Waals surface area contributed by atoms with Crippen molar-refractivity contribution in [2.24, 2.45) is 4.99 Å². The Kier molecular flexibility index (Phi) is 5.99. The van der Waals surface area contributed by atoms with E-state index in [1.807, 2.05) is 6.20 Å². The topological polar surface area (TPSA) is 34.4 Å². The molecule has 0 aliphatic carbocycles. The zero-order chi connectivity index (χ0) is 17.9. The lowest BCUT2D eigenvalue weighted by molar-refractivity contribution is 0.0995. The molecular formula is C18H22ClFN2OS. The summed E-state index contributed by atoms with van der Waals surface area (Å²) < 4.78 is 16.6. The van der Waals surface area contributed by atoms with Crippen molar-refractivity contribution >= 4 is 29.0 Å². The van der Waals surface area contributed by atoms with Gasteiger partial charge in [-0.25, -0.2) is 4.39 Å². The number of hydrogen-bond donors (Lipinski definition) is 0. The van der Waals surface area contributed by atoms with Crippen molar-refractivity contribution in [2.75, 3.05) is 0 Å². The van der Waals surface area contributed by atoms with Crippen LogP contribution in [-0.4, -0.2) is 9.86 Å². The molecule has 0 fully saturated rings. The second kappa shape index (κ2) is 7.62. The smallest absolute Gasteiger partial charge is 0.281 e. The van der Waals surface area contributed by atoms with Crippen molar-refractivity contribution in [3.05, 3.63) is 51.0 Å². The summed E-state index contributed by atoms with van der Waals surface area (Å²) in [6.07, 6.45) is 4.96.